The van der Waals surface area contributed by atoms with Crippen molar-refractivity contribution in [3.05, 3.63) is 54.1 Å². The molecule has 1 amide bonds. The van der Waals surface area contributed by atoms with Crippen LogP contribution < -0.4 is 10.2 Å². The van der Waals surface area contributed by atoms with Gasteiger partial charge in [-0.15, -0.1) is 0 Å². The summed E-state index contributed by atoms with van der Waals surface area (Å²) in [4.78, 5) is 14.4. The van der Waals surface area contributed by atoms with Crippen molar-refractivity contribution in [1.82, 2.24) is 0 Å². The number of phenols is 1. The van der Waals surface area contributed by atoms with Gasteiger partial charge in [0.05, 0.1) is 0 Å². The standard InChI is InChI=1S/C17H18N2O2/c1-2-19(13-7-5-8-14(20)11-13)17(21)16-10-12-6-3-4-9-15(12)18-16/h3-9,11,16,18,20H,2,10H2,1H3/t16-/m0/s1. The van der Waals surface area contributed by atoms with Gasteiger partial charge in [-0.05, 0) is 30.7 Å². The second kappa shape index (κ2) is 5.48. The summed E-state index contributed by atoms with van der Waals surface area (Å²) < 4.78 is 0. The third kappa shape index (κ3) is 2.57. The number of phenolic OH excluding ortho intramolecular Hbond substituents is 1. The highest BCUT2D eigenvalue weighted by Gasteiger charge is 2.30. The van der Waals surface area contributed by atoms with E-state index in [0.717, 1.165) is 11.4 Å². The fourth-order valence-corrected chi connectivity index (χ4v) is 2.76. The van der Waals surface area contributed by atoms with Crippen LogP contribution in [0, 0.1) is 0 Å². The van der Waals surface area contributed by atoms with Crippen LogP contribution in [-0.4, -0.2) is 23.6 Å². The van der Waals surface area contributed by atoms with Gasteiger partial charge in [0, 0.05) is 30.4 Å². The van der Waals surface area contributed by atoms with Crippen LogP contribution in [0.2, 0.25) is 0 Å². The molecule has 0 saturated carbocycles. The third-order valence-corrected chi connectivity index (χ3v) is 3.79. The first-order valence-electron chi connectivity index (χ1n) is 7.14. The van der Waals surface area contributed by atoms with Gasteiger partial charge in [0.25, 0.3) is 0 Å². The summed E-state index contributed by atoms with van der Waals surface area (Å²) in [7, 11) is 0. The molecule has 2 aromatic carbocycles. The number of rotatable bonds is 3. The number of carbonyl (C=O) groups excluding carboxylic acids is 1. The number of carbonyl (C=O) groups is 1. The van der Waals surface area contributed by atoms with E-state index < -0.39 is 0 Å². The molecule has 1 heterocycles. The maximum absolute atomic E-state index is 12.7. The summed E-state index contributed by atoms with van der Waals surface area (Å²) in [6, 6.07) is 14.5. The van der Waals surface area contributed by atoms with Crippen molar-refractivity contribution < 1.29 is 9.90 Å². The van der Waals surface area contributed by atoms with Crippen molar-refractivity contribution in [2.45, 2.75) is 19.4 Å². The Hall–Kier alpha value is -2.49. The Kier molecular flexibility index (Phi) is 3.52. The molecule has 0 radical (unpaired) electrons. The second-order valence-electron chi connectivity index (χ2n) is 5.16. The van der Waals surface area contributed by atoms with Gasteiger partial charge < -0.3 is 15.3 Å². The van der Waals surface area contributed by atoms with Crippen LogP contribution in [0.25, 0.3) is 0 Å². The largest absolute Gasteiger partial charge is 0.508 e. The number of benzene rings is 2. The van der Waals surface area contributed by atoms with E-state index in [-0.39, 0.29) is 17.7 Å². The van der Waals surface area contributed by atoms with Gasteiger partial charge in [0.1, 0.15) is 11.8 Å². The average molecular weight is 282 g/mol. The lowest BCUT2D eigenvalue weighted by atomic mass is 10.1. The average Bonchev–Trinajstić information content (AvgIpc) is 2.92. The number of para-hydroxylation sites is 1. The van der Waals surface area contributed by atoms with Gasteiger partial charge in [0.2, 0.25) is 5.91 Å². The summed E-state index contributed by atoms with van der Waals surface area (Å²) in [5, 5.41) is 12.9. The number of nitrogens with zero attached hydrogens (tertiary/aromatic N) is 1. The Morgan fingerprint density at radius 2 is 2.10 bits per heavy atom. The molecule has 0 unspecified atom stereocenters. The van der Waals surface area contributed by atoms with Gasteiger partial charge in [-0.25, -0.2) is 0 Å². The molecule has 0 bridgehead atoms. The van der Waals surface area contributed by atoms with E-state index in [0.29, 0.717) is 13.0 Å². The molecule has 0 fully saturated rings. The molecule has 0 saturated heterocycles. The van der Waals surface area contributed by atoms with Crippen molar-refractivity contribution in [3.8, 4) is 5.75 Å². The number of fused-ring (bicyclic) bond motifs is 1. The zero-order valence-electron chi connectivity index (χ0n) is 11.9. The summed E-state index contributed by atoms with van der Waals surface area (Å²) in [5.74, 6) is 0.195. The summed E-state index contributed by atoms with van der Waals surface area (Å²) in [5.41, 5.74) is 2.92. The zero-order chi connectivity index (χ0) is 14.8. The first-order valence-corrected chi connectivity index (χ1v) is 7.14. The number of hydrogen-bond donors (Lipinski definition) is 2. The number of aromatic hydroxyl groups is 1. The van der Waals surface area contributed by atoms with Crippen molar-refractivity contribution in [2.75, 3.05) is 16.8 Å². The van der Waals surface area contributed by atoms with E-state index in [9.17, 15) is 9.90 Å². The monoisotopic (exact) mass is 282 g/mol. The Morgan fingerprint density at radius 1 is 1.29 bits per heavy atom. The SMILES string of the molecule is CCN(C(=O)[C@@H]1Cc2ccccc2N1)c1cccc(O)c1. The van der Waals surface area contributed by atoms with Crippen molar-refractivity contribution in [2.24, 2.45) is 0 Å². The van der Waals surface area contributed by atoms with E-state index in [2.05, 4.69) is 5.32 Å². The normalized spacial score (nSPS) is 16.1. The lowest BCUT2D eigenvalue weighted by molar-refractivity contribution is -0.119. The minimum absolute atomic E-state index is 0.0271. The highest BCUT2D eigenvalue weighted by molar-refractivity contribution is 6.00. The maximum atomic E-state index is 12.7. The molecular formula is C17H18N2O2. The predicted molar refractivity (Wildman–Crippen MR) is 83.7 cm³/mol. The van der Waals surface area contributed by atoms with Crippen molar-refractivity contribution in [3.63, 3.8) is 0 Å². The second-order valence-corrected chi connectivity index (χ2v) is 5.16. The first-order chi connectivity index (χ1) is 10.2. The summed E-state index contributed by atoms with van der Waals surface area (Å²) in [6.07, 6.45) is 0.699. The molecule has 2 aromatic rings. The molecule has 4 heteroatoms. The Morgan fingerprint density at radius 3 is 2.81 bits per heavy atom. The highest BCUT2D eigenvalue weighted by atomic mass is 16.3. The molecular weight excluding hydrogens is 264 g/mol. The van der Waals surface area contributed by atoms with Gasteiger partial charge in [-0.2, -0.15) is 0 Å². The Balaban J connectivity index is 1.81. The topological polar surface area (TPSA) is 52.6 Å². The Labute approximate surface area is 124 Å². The van der Waals surface area contributed by atoms with Crippen LogP contribution in [0.15, 0.2) is 48.5 Å². The fourth-order valence-electron chi connectivity index (χ4n) is 2.76. The third-order valence-electron chi connectivity index (χ3n) is 3.79. The van der Waals surface area contributed by atoms with Crippen LogP contribution in [0.4, 0.5) is 11.4 Å². The van der Waals surface area contributed by atoms with Gasteiger partial charge in [-0.3, -0.25) is 4.79 Å². The molecule has 2 N–H and O–H groups in total. The van der Waals surface area contributed by atoms with Gasteiger partial charge >= 0.3 is 0 Å². The van der Waals surface area contributed by atoms with Gasteiger partial charge in [-0.1, -0.05) is 24.3 Å². The molecule has 108 valence electrons. The highest BCUT2D eigenvalue weighted by Crippen LogP contribution is 2.28. The lowest BCUT2D eigenvalue weighted by Gasteiger charge is -2.24. The molecule has 1 aliphatic rings. The van der Waals surface area contributed by atoms with E-state index in [1.165, 1.54) is 5.56 Å². The van der Waals surface area contributed by atoms with Crippen molar-refractivity contribution >= 4 is 17.3 Å². The maximum Gasteiger partial charge on any atom is 0.249 e. The zero-order valence-corrected chi connectivity index (χ0v) is 11.9. The minimum Gasteiger partial charge on any atom is -0.508 e. The molecule has 3 rings (SSSR count). The molecule has 1 aliphatic heterocycles. The smallest absolute Gasteiger partial charge is 0.249 e. The van der Waals surface area contributed by atoms with Crippen LogP contribution in [0.3, 0.4) is 0 Å². The molecule has 0 aliphatic carbocycles. The first kappa shape index (κ1) is 13.5. The molecule has 0 aromatic heterocycles. The molecule has 0 spiro atoms. The summed E-state index contributed by atoms with van der Waals surface area (Å²) >= 11 is 0. The minimum atomic E-state index is -0.246. The van der Waals surface area contributed by atoms with Crippen LogP contribution >= 0.6 is 0 Å². The van der Waals surface area contributed by atoms with E-state index in [1.54, 1.807) is 23.1 Å². The number of likely N-dealkylation sites (N-methyl/N-ethyl adjacent to an activating group) is 1. The van der Waals surface area contributed by atoms with Crippen LogP contribution in [-0.2, 0) is 11.2 Å². The van der Waals surface area contributed by atoms with Gasteiger partial charge in [0.15, 0.2) is 0 Å². The number of nitrogens with one attached hydrogen (secondary N) is 1. The number of anilines is 2. The summed E-state index contributed by atoms with van der Waals surface area (Å²) in [6.45, 7) is 2.50. The van der Waals surface area contributed by atoms with Crippen LogP contribution in [0.1, 0.15) is 12.5 Å². The molecule has 4 nitrogen and oxygen atoms in total. The van der Waals surface area contributed by atoms with E-state index >= 15 is 0 Å². The van der Waals surface area contributed by atoms with E-state index in [4.69, 9.17) is 0 Å². The van der Waals surface area contributed by atoms with Crippen LogP contribution in [0.5, 0.6) is 5.75 Å². The molecule has 1 atom stereocenters. The van der Waals surface area contributed by atoms with Crippen molar-refractivity contribution in [1.29, 1.82) is 0 Å². The molecule has 21 heavy (non-hydrogen) atoms. The lowest BCUT2D eigenvalue weighted by Crippen LogP contribution is -2.42. The number of hydrogen-bond acceptors (Lipinski definition) is 3. The number of amides is 1. The Bertz CT molecular complexity index is 644. The fraction of sp³-hybridized carbons (Fsp3) is 0.235. The predicted octanol–water partition coefficient (Wildman–Crippen LogP) is 2.78. The van der Waals surface area contributed by atoms with E-state index in [1.807, 2.05) is 37.3 Å². The quantitative estimate of drug-likeness (QED) is 0.910.